The van der Waals surface area contributed by atoms with E-state index in [-0.39, 0.29) is 5.91 Å². The molecule has 0 unspecified atom stereocenters. The number of hydrogen-bond donors (Lipinski definition) is 2. The van der Waals surface area contributed by atoms with Gasteiger partial charge in [0.2, 0.25) is 0 Å². The van der Waals surface area contributed by atoms with Crippen LogP contribution in [0.5, 0.6) is 11.5 Å². The molecule has 0 saturated carbocycles. The van der Waals surface area contributed by atoms with Crippen molar-refractivity contribution >= 4 is 17.4 Å². The standard InChI is InChI=1S/C22H23N3O3/c1-15-6-4-5-7-17(15)14-24-21-12-16(10-11-23-21)22(26)25-19-9-8-18(27-2)13-20(19)28-3/h4-13H,14H2,1-3H3,(H,23,24)(H,25,26). The molecule has 6 nitrogen and oxygen atoms in total. The number of aromatic nitrogens is 1. The van der Waals surface area contributed by atoms with Gasteiger partial charge in [-0.1, -0.05) is 24.3 Å². The molecule has 0 aliphatic heterocycles. The second-order valence-electron chi connectivity index (χ2n) is 6.23. The van der Waals surface area contributed by atoms with Gasteiger partial charge in [0.1, 0.15) is 17.3 Å². The topological polar surface area (TPSA) is 72.5 Å². The summed E-state index contributed by atoms with van der Waals surface area (Å²) in [6.45, 7) is 2.70. The van der Waals surface area contributed by atoms with Crippen molar-refractivity contribution in [3.63, 3.8) is 0 Å². The first-order chi connectivity index (χ1) is 13.6. The minimum Gasteiger partial charge on any atom is -0.497 e. The first-order valence-electron chi connectivity index (χ1n) is 8.88. The van der Waals surface area contributed by atoms with E-state index in [0.29, 0.717) is 35.1 Å². The molecule has 0 saturated heterocycles. The summed E-state index contributed by atoms with van der Waals surface area (Å²) in [5, 5.41) is 6.13. The molecule has 3 aromatic rings. The van der Waals surface area contributed by atoms with Crippen LogP contribution in [0.2, 0.25) is 0 Å². The van der Waals surface area contributed by atoms with E-state index >= 15 is 0 Å². The number of methoxy groups -OCH3 is 2. The van der Waals surface area contributed by atoms with Gasteiger partial charge in [0, 0.05) is 24.4 Å². The molecule has 0 aliphatic rings. The van der Waals surface area contributed by atoms with Gasteiger partial charge in [-0.15, -0.1) is 0 Å². The zero-order chi connectivity index (χ0) is 19.9. The van der Waals surface area contributed by atoms with Crippen molar-refractivity contribution in [2.45, 2.75) is 13.5 Å². The highest BCUT2D eigenvalue weighted by atomic mass is 16.5. The number of hydrogen-bond acceptors (Lipinski definition) is 5. The highest BCUT2D eigenvalue weighted by Gasteiger charge is 2.12. The summed E-state index contributed by atoms with van der Waals surface area (Å²) in [4.78, 5) is 17.0. The highest BCUT2D eigenvalue weighted by Crippen LogP contribution is 2.29. The summed E-state index contributed by atoms with van der Waals surface area (Å²) in [6, 6.07) is 16.8. The second kappa shape index (κ2) is 8.90. The largest absolute Gasteiger partial charge is 0.497 e. The monoisotopic (exact) mass is 377 g/mol. The maximum absolute atomic E-state index is 12.7. The first kappa shape index (κ1) is 19.2. The van der Waals surface area contributed by atoms with Gasteiger partial charge in [-0.2, -0.15) is 0 Å². The predicted molar refractivity (Wildman–Crippen MR) is 110 cm³/mol. The van der Waals surface area contributed by atoms with Gasteiger partial charge in [-0.3, -0.25) is 4.79 Å². The number of carbonyl (C=O) groups excluding carboxylic acids is 1. The van der Waals surface area contributed by atoms with E-state index < -0.39 is 0 Å². The van der Waals surface area contributed by atoms with Crippen molar-refractivity contribution in [1.82, 2.24) is 4.98 Å². The Morgan fingerprint density at radius 2 is 1.86 bits per heavy atom. The predicted octanol–water partition coefficient (Wildman–Crippen LogP) is 4.27. The van der Waals surface area contributed by atoms with Crippen molar-refractivity contribution in [1.29, 1.82) is 0 Å². The number of rotatable bonds is 7. The van der Waals surface area contributed by atoms with E-state index in [1.165, 1.54) is 11.1 Å². The third-order valence-corrected chi connectivity index (χ3v) is 4.40. The molecule has 1 heterocycles. The number of ether oxygens (including phenoxy) is 2. The average Bonchev–Trinajstić information content (AvgIpc) is 2.73. The number of pyridine rings is 1. The third kappa shape index (κ3) is 4.59. The molecule has 0 aliphatic carbocycles. The number of anilines is 2. The van der Waals surface area contributed by atoms with E-state index in [0.717, 1.165) is 0 Å². The van der Waals surface area contributed by atoms with Gasteiger partial charge in [0.05, 0.1) is 19.9 Å². The van der Waals surface area contributed by atoms with Crippen LogP contribution in [0.1, 0.15) is 21.5 Å². The van der Waals surface area contributed by atoms with Gasteiger partial charge in [0.25, 0.3) is 5.91 Å². The Bertz CT molecular complexity index is 973. The molecule has 2 N–H and O–H groups in total. The zero-order valence-electron chi connectivity index (χ0n) is 16.2. The molecule has 28 heavy (non-hydrogen) atoms. The van der Waals surface area contributed by atoms with Crippen LogP contribution in [0.25, 0.3) is 0 Å². The first-order valence-corrected chi connectivity index (χ1v) is 8.88. The SMILES string of the molecule is COc1ccc(NC(=O)c2ccnc(NCc3ccccc3C)c2)c(OC)c1. The van der Waals surface area contributed by atoms with Crippen LogP contribution >= 0.6 is 0 Å². The summed E-state index contributed by atoms with van der Waals surface area (Å²) in [6.07, 6.45) is 1.61. The van der Waals surface area contributed by atoms with E-state index in [2.05, 4.69) is 34.7 Å². The summed E-state index contributed by atoms with van der Waals surface area (Å²) in [5.41, 5.74) is 3.46. The Morgan fingerprint density at radius 1 is 1.04 bits per heavy atom. The van der Waals surface area contributed by atoms with Crippen LogP contribution in [0.15, 0.2) is 60.8 Å². The molecule has 0 bridgehead atoms. The fourth-order valence-electron chi connectivity index (χ4n) is 2.76. The maximum Gasteiger partial charge on any atom is 0.255 e. The molecule has 2 aromatic carbocycles. The van der Waals surface area contributed by atoms with E-state index in [9.17, 15) is 4.79 Å². The lowest BCUT2D eigenvalue weighted by Gasteiger charge is -2.12. The van der Waals surface area contributed by atoms with Gasteiger partial charge >= 0.3 is 0 Å². The van der Waals surface area contributed by atoms with Gasteiger partial charge < -0.3 is 20.1 Å². The molecular formula is C22H23N3O3. The molecule has 0 atom stereocenters. The fraction of sp³-hybridized carbons (Fsp3) is 0.182. The Hall–Kier alpha value is -3.54. The van der Waals surface area contributed by atoms with Crippen LogP contribution in [-0.4, -0.2) is 25.1 Å². The van der Waals surface area contributed by atoms with E-state index in [4.69, 9.17) is 9.47 Å². The summed E-state index contributed by atoms with van der Waals surface area (Å²) in [7, 11) is 3.12. The molecule has 1 amide bonds. The summed E-state index contributed by atoms with van der Waals surface area (Å²) < 4.78 is 10.5. The number of nitrogens with one attached hydrogen (secondary N) is 2. The zero-order valence-corrected chi connectivity index (χ0v) is 16.2. The molecule has 1 aromatic heterocycles. The van der Waals surface area contributed by atoms with Gasteiger partial charge in [-0.05, 0) is 42.3 Å². The molecular weight excluding hydrogens is 354 g/mol. The lowest BCUT2D eigenvalue weighted by Crippen LogP contribution is -2.13. The van der Waals surface area contributed by atoms with Crippen LogP contribution in [-0.2, 0) is 6.54 Å². The number of carbonyl (C=O) groups is 1. The number of amides is 1. The lowest BCUT2D eigenvalue weighted by molar-refractivity contribution is 0.102. The Kier molecular flexibility index (Phi) is 6.11. The van der Waals surface area contributed by atoms with Crippen molar-refractivity contribution in [3.05, 3.63) is 77.5 Å². The molecule has 6 heteroatoms. The molecule has 0 radical (unpaired) electrons. The molecule has 0 spiro atoms. The minimum atomic E-state index is -0.246. The maximum atomic E-state index is 12.7. The van der Waals surface area contributed by atoms with E-state index in [1.807, 2.05) is 12.1 Å². The normalized spacial score (nSPS) is 10.2. The van der Waals surface area contributed by atoms with Crippen molar-refractivity contribution in [2.24, 2.45) is 0 Å². The van der Waals surface area contributed by atoms with Crippen molar-refractivity contribution in [3.8, 4) is 11.5 Å². The third-order valence-electron chi connectivity index (χ3n) is 4.40. The fourth-order valence-corrected chi connectivity index (χ4v) is 2.76. The van der Waals surface area contributed by atoms with Gasteiger partial charge in [0.15, 0.2) is 0 Å². The van der Waals surface area contributed by atoms with Crippen molar-refractivity contribution in [2.75, 3.05) is 24.9 Å². The highest BCUT2D eigenvalue weighted by molar-refractivity contribution is 6.05. The van der Waals surface area contributed by atoms with Crippen LogP contribution in [0, 0.1) is 6.92 Å². The smallest absolute Gasteiger partial charge is 0.255 e. The Morgan fingerprint density at radius 3 is 2.61 bits per heavy atom. The number of nitrogens with zero attached hydrogens (tertiary/aromatic N) is 1. The van der Waals surface area contributed by atoms with Gasteiger partial charge in [-0.25, -0.2) is 4.98 Å². The lowest BCUT2D eigenvalue weighted by atomic mass is 10.1. The molecule has 0 fully saturated rings. The Balaban J connectivity index is 1.71. The summed E-state index contributed by atoms with van der Waals surface area (Å²) in [5.74, 6) is 1.57. The van der Waals surface area contributed by atoms with E-state index in [1.54, 1.807) is 50.7 Å². The summed E-state index contributed by atoms with van der Waals surface area (Å²) >= 11 is 0. The van der Waals surface area contributed by atoms with Crippen LogP contribution < -0.4 is 20.1 Å². The van der Waals surface area contributed by atoms with Crippen molar-refractivity contribution < 1.29 is 14.3 Å². The number of benzene rings is 2. The molecule has 144 valence electrons. The number of aryl methyl sites for hydroxylation is 1. The minimum absolute atomic E-state index is 0.246. The van der Waals surface area contributed by atoms with Crippen LogP contribution in [0.3, 0.4) is 0 Å². The van der Waals surface area contributed by atoms with Crippen LogP contribution in [0.4, 0.5) is 11.5 Å². The second-order valence-corrected chi connectivity index (χ2v) is 6.23. The quantitative estimate of drug-likeness (QED) is 0.643. The Labute approximate surface area is 164 Å². The molecule has 3 rings (SSSR count). The average molecular weight is 377 g/mol.